The van der Waals surface area contributed by atoms with Crippen molar-refractivity contribution in [1.82, 2.24) is 9.88 Å². The predicted octanol–water partition coefficient (Wildman–Crippen LogP) is 4.15. The maximum Gasteiger partial charge on any atom is 0.254 e. The highest BCUT2D eigenvalue weighted by molar-refractivity contribution is 6.35. The van der Waals surface area contributed by atoms with E-state index >= 15 is 0 Å². The first-order chi connectivity index (χ1) is 12.7. The van der Waals surface area contributed by atoms with Gasteiger partial charge in [0.15, 0.2) is 0 Å². The number of likely N-dealkylation sites (tertiary alicyclic amines) is 1. The molecule has 0 aliphatic carbocycles. The van der Waals surface area contributed by atoms with Gasteiger partial charge in [0.1, 0.15) is 0 Å². The summed E-state index contributed by atoms with van der Waals surface area (Å²) in [5.74, 6) is -0.0756. The van der Waals surface area contributed by atoms with Gasteiger partial charge in [0.05, 0.1) is 34.4 Å². The zero-order valence-corrected chi connectivity index (χ0v) is 15.0. The Labute approximate surface area is 157 Å². The van der Waals surface area contributed by atoms with Crippen molar-refractivity contribution in [1.29, 1.82) is 0 Å². The predicted molar refractivity (Wildman–Crippen MR) is 103 cm³/mol. The Hall–Kier alpha value is -2.43. The lowest BCUT2D eigenvalue weighted by Gasteiger charge is -2.24. The average Bonchev–Trinajstić information content (AvgIpc) is 3.16. The molecule has 0 unspecified atom stereocenters. The molecule has 1 fully saturated rings. The van der Waals surface area contributed by atoms with Gasteiger partial charge in [-0.1, -0.05) is 54.1 Å². The number of amides is 1. The number of hydrogen-bond acceptors (Lipinski definition) is 3. The average molecular weight is 367 g/mol. The van der Waals surface area contributed by atoms with Crippen molar-refractivity contribution in [3.63, 3.8) is 0 Å². The van der Waals surface area contributed by atoms with Gasteiger partial charge < -0.3 is 10.0 Å². The minimum atomic E-state index is -0.120. The molecule has 2 heterocycles. The van der Waals surface area contributed by atoms with Crippen molar-refractivity contribution in [3.8, 4) is 11.3 Å². The van der Waals surface area contributed by atoms with Crippen LogP contribution in [0.25, 0.3) is 22.2 Å². The third-order valence-electron chi connectivity index (χ3n) is 4.94. The second-order valence-electron chi connectivity index (χ2n) is 6.53. The molecule has 26 heavy (non-hydrogen) atoms. The smallest absolute Gasteiger partial charge is 0.254 e. The van der Waals surface area contributed by atoms with E-state index in [1.165, 1.54) is 0 Å². The molecule has 2 aromatic carbocycles. The third-order valence-corrected chi connectivity index (χ3v) is 5.24. The minimum Gasteiger partial charge on any atom is -0.394 e. The highest BCUT2D eigenvalue weighted by Gasteiger charge is 2.30. The van der Waals surface area contributed by atoms with Gasteiger partial charge in [-0.05, 0) is 25.0 Å². The number of pyridine rings is 1. The fraction of sp³-hybridized carbons (Fsp3) is 0.238. The maximum atomic E-state index is 13.3. The van der Waals surface area contributed by atoms with Gasteiger partial charge in [0.25, 0.3) is 5.91 Å². The fourth-order valence-corrected chi connectivity index (χ4v) is 3.81. The Morgan fingerprint density at radius 2 is 2.00 bits per heavy atom. The van der Waals surface area contributed by atoms with Crippen molar-refractivity contribution >= 4 is 28.4 Å². The van der Waals surface area contributed by atoms with Gasteiger partial charge in [-0.3, -0.25) is 4.79 Å². The number of rotatable bonds is 3. The van der Waals surface area contributed by atoms with Crippen molar-refractivity contribution in [2.75, 3.05) is 13.2 Å². The SMILES string of the molecule is O=C(c1cc(-c2ccccc2)nc2c(Cl)cccc12)N1CCC[C@H]1CO. The van der Waals surface area contributed by atoms with Gasteiger partial charge in [0.2, 0.25) is 0 Å². The quantitative estimate of drug-likeness (QED) is 0.757. The number of halogens is 1. The Balaban J connectivity index is 1.90. The molecule has 4 nitrogen and oxygen atoms in total. The van der Waals surface area contributed by atoms with Crippen LogP contribution in [0.4, 0.5) is 0 Å². The second-order valence-corrected chi connectivity index (χ2v) is 6.94. The zero-order chi connectivity index (χ0) is 18.1. The summed E-state index contributed by atoms with van der Waals surface area (Å²) in [6.45, 7) is 0.649. The number of aliphatic hydroxyl groups excluding tert-OH is 1. The molecule has 0 radical (unpaired) electrons. The van der Waals surface area contributed by atoms with Crippen molar-refractivity contribution < 1.29 is 9.90 Å². The van der Waals surface area contributed by atoms with Crippen LogP contribution in [0.15, 0.2) is 54.6 Å². The number of nitrogens with zero attached hydrogens (tertiary/aromatic N) is 2. The van der Waals surface area contributed by atoms with Crippen LogP contribution >= 0.6 is 11.6 Å². The van der Waals surface area contributed by atoms with E-state index in [1.54, 1.807) is 11.0 Å². The van der Waals surface area contributed by atoms with E-state index in [-0.39, 0.29) is 18.6 Å². The molecule has 132 valence electrons. The van der Waals surface area contributed by atoms with E-state index in [0.717, 1.165) is 23.8 Å². The molecule has 1 aromatic heterocycles. The number of fused-ring (bicyclic) bond motifs is 1. The van der Waals surface area contributed by atoms with Gasteiger partial charge >= 0.3 is 0 Å². The minimum absolute atomic E-state index is 0.0128. The van der Waals surface area contributed by atoms with Gasteiger partial charge in [-0.15, -0.1) is 0 Å². The topological polar surface area (TPSA) is 53.4 Å². The Morgan fingerprint density at radius 1 is 1.19 bits per heavy atom. The van der Waals surface area contributed by atoms with E-state index in [4.69, 9.17) is 16.6 Å². The standard InChI is InChI=1S/C21H19ClN2O2/c22-18-10-4-9-16-17(21(26)24-11-5-8-15(24)13-25)12-19(23-20(16)18)14-6-2-1-3-7-14/h1-4,6-7,9-10,12,15,25H,5,8,11,13H2/t15-/m0/s1. The molecule has 1 atom stereocenters. The molecule has 0 bridgehead atoms. The lowest BCUT2D eigenvalue weighted by atomic mass is 10.0. The van der Waals surface area contributed by atoms with E-state index in [9.17, 15) is 9.90 Å². The number of aromatic nitrogens is 1. The molecular weight excluding hydrogens is 348 g/mol. The summed E-state index contributed by atoms with van der Waals surface area (Å²) in [7, 11) is 0. The summed E-state index contributed by atoms with van der Waals surface area (Å²) < 4.78 is 0. The Morgan fingerprint density at radius 3 is 2.77 bits per heavy atom. The number of carbonyl (C=O) groups excluding carboxylic acids is 1. The van der Waals surface area contributed by atoms with E-state index in [0.29, 0.717) is 28.3 Å². The fourth-order valence-electron chi connectivity index (χ4n) is 3.59. The van der Waals surface area contributed by atoms with Crippen molar-refractivity contribution in [3.05, 3.63) is 65.2 Å². The summed E-state index contributed by atoms with van der Waals surface area (Å²) in [6.07, 6.45) is 1.74. The Bertz CT molecular complexity index is 959. The molecule has 5 heteroatoms. The summed E-state index contributed by atoms with van der Waals surface area (Å²) in [4.78, 5) is 19.7. The first-order valence-electron chi connectivity index (χ1n) is 8.75. The molecule has 4 rings (SSSR count). The molecule has 0 spiro atoms. The normalized spacial score (nSPS) is 17.0. The molecule has 1 saturated heterocycles. The largest absolute Gasteiger partial charge is 0.394 e. The summed E-state index contributed by atoms with van der Waals surface area (Å²) in [6, 6.07) is 17.0. The highest BCUT2D eigenvalue weighted by atomic mass is 35.5. The van der Waals surface area contributed by atoms with Crippen LogP contribution in [0, 0.1) is 0 Å². The van der Waals surface area contributed by atoms with Crippen LogP contribution in [0.2, 0.25) is 5.02 Å². The van der Waals surface area contributed by atoms with Crippen LogP contribution in [0.5, 0.6) is 0 Å². The van der Waals surface area contributed by atoms with Crippen molar-refractivity contribution in [2.24, 2.45) is 0 Å². The summed E-state index contributed by atoms with van der Waals surface area (Å²) in [5.41, 5.74) is 2.85. The third kappa shape index (κ3) is 2.96. The number of hydrogen-bond donors (Lipinski definition) is 1. The van der Waals surface area contributed by atoms with E-state index in [2.05, 4.69) is 0 Å². The zero-order valence-electron chi connectivity index (χ0n) is 14.2. The molecular formula is C21H19ClN2O2. The van der Waals surface area contributed by atoms with Crippen LogP contribution in [-0.2, 0) is 0 Å². The Kier molecular flexibility index (Phi) is 4.62. The molecule has 1 aliphatic heterocycles. The molecule has 3 aromatic rings. The number of aliphatic hydroxyl groups is 1. The van der Waals surface area contributed by atoms with Gasteiger partial charge in [0, 0.05) is 17.5 Å². The summed E-state index contributed by atoms with van der Waals surface area (Å²) >= 11 is 6.38. The van der Waals surface area contributed by atoms with Gasteiger partial charge in [-0.25, -0.2) is 4.98 Å². The van der Waals surface area contributed by atoms with E-state index < -0.39 is 0 Å². The number of benzene rings is 2. The maximum absolute atomic E-state index is 13.3. The van der Waals surface area contributed by atoms with Crippen molar-refractivity contribution in [2.45, 2.75) is 18.9 Å². The molecule has 1 N–H and O–H groups in total. The summed E-state index contributed by atoms with van der Waals surface area (Å²) in [5, 5.41) is 10.9. The number of para-hydroxylation sites is 1. The number of carbonyl (C=O) groups is 1. The first-order valence-corrected chi connectivity index (χ1v) is 9.13. The monoisotopic (exact) mass is 366 g/mol. The van der Waals surface area contributed by atoms with E-state index in [1.807, 2.05) is 48.5 Å². The molecule has 1 amide bonds. The van der Waals surface area contributed by atoms with Crippen LogP contribution in [0.1, 0.15) is 23.2 Å². The first kappa shape index (κ1) is 17.0. The molecule has 0 saturated carbocycles. The van der Waals surface area contributed by atoms with Crippen LogP contribution < -0.4 is 0 Å². The van der Waals surface area contributed by atoms with Crippen LogP contribution in [0.3, 0.4) is 0 Å². The molecule has 1 aliphatic rings. The lowest BCUT2D eigenvalue weighted by Crippen LogP contribution is -2.37. The van der Waals surface area contributed by atoms with Gasteiger partial charge in [-0.2, -0.15) is 0 Å². The second kappa shape index (κ2) is 7.06. The lowest BCUT2D eigenvalue weighted by molar-refractivity contribution is 0.0679. The van der Waals surface area contributed by atoms with Crippen LogP contribution in [-0.4, -0.2) is 40.1 Å². The highest BCUT2D eigenvalue weighted by Crippen LogP contribution is 2.31.